The summed E-state index contributed by atoms with van der Waals surface area (Å²) in [4.78, 5) is 8.37. The standard InChI is InChI=1S/C13H24N2/c1-10(12(2,3)4)9-15-11(14-8)13(5,6)7/h9H,8H2,1-7H3/b10-9+,15-11?. The van der Waals surface area contributed by atoms with E-state index in [0.717, 1.165) is 5.84 Å². The van der Waals surface area contributed by atoms with Crippen molar-refractivity contribution < 1.29 is 0 Å². The Morgan fingerprint density at radius 2 is 1.47 bits per heavy atom. The Bertz CT molecular complexity index is 283. The highest BCUT2D eigenvalue weighted by atomic mass is 14.9. The largest absolute Gasteiger partial charge is 0.249 e. The summed E-state index contributed by atoms with van der Waals surface area (Å²) in [5, 5.41) is 0. The highest BCUT2D eigenvalue weighted by Crippen LogP contribution is 2.25. The van der Waals surface area contributed by atoms with Crippen LogP contribution in [0.4, 0.5) is 0 Å². The summed E-state index contributed by atoms with van der Waals surface area (Å²) in [5.74, 6) is 0.783. The van der Waals surface area contributed by atoms with Gasteiger partial charge in [-0.2, -0.15) is 0 Å². The molecule has 0 aliphatic carbocycles. The smallest absolute Gasteiger partial charge is 0.132 e. The molecule has 0 aromatic rings. The molecular formula is C13H24N2. The van der Waals surface area contributed by atoms with Gasteiger partial charge in [-0.05, 0) is 24.6 Å². The zero-order valence-electron chi connectivity index (χ0n) is 11.2. The number of rotatable bonds is 1. The predicted molar refractivity (Wildman–Crippen MR) is 69.7 cm³/mol. The number of hydrogen-bond acceptors (Lipinski definition) is 1. The van der Waals surface area contributed by atoms with Gasteiger partial charge in [-0.15, -0.1) is 0 Å². The first-order valence-corrected chi connectivity index (χ1v) is 5.31. The SMILES string of the molecule is C=NC(=N/C=C(\C)C(C)(C)C)C(C)(C)C. The lowest BCUT2D eigenvalue weighted by Gasteiger charge is -2.20. The fraction of sp³-hybridized carbons (Fsp3) is 0.692. The first kappa shape index (κ1) is 14.1. The van der Waals surface area contributed by atoms with Gasteiger partial charge < -0.3 is 0 Å². The molecule has 0 fully saturated rings. The molecule has 0 unspecified atom stereocenters. The molecule has 0 amide bonds. The summed E-state index contributed by atoms with van der Waals surface area (Å²) in [7, 11) is 0. The molecule has 0 aliphatic rings. The third kappa shape index (κ3) is 4.91. The maximum atomic E-state index is 4.41. The van der Waals surface area contributed by atoms with Crippen LogP contribution in [0, 0.1) is 10.8 Å². The van der Waals surface area contributed by atoms with Crippen LogP contribution in [-0.4, -0.2) is 12.6 Å². The van der Waals surface area contributed by atoms with Crippen LogP contribution in [0.3, 0.4) is 0 Å². The van der Waals surface area contributed by atoms with Crippen molar-refractivity contribution in [2.45, 2.75) is 48.5 Å². The number of nitrogens with zero attached hydrogens (tertiary/aromatic N) is 2. The van der Waals surface area contributed by atoms with Crippen molar-refractivity contribution >= 4 is 12.6 Å². The average molecular weight is 208 g/mol. The Hall–Kier alpha value is -0.920. The second-order valence-corrected chi connectivity index (χ2v) is 5.92. The van der Waals surface area contributed by atoms with Crippen LogP contribution in [0.5, 0.6) is 0 Å². The van der Waals surface area contributed by atoms with E-state index < -0.39 is 0 Å². The molecule has 0 saturated carbocycles. The van der Waals surface area contributed by atoms with Crippen molar-refractivity contribution in [3.63, 3.8) is 0 Å². The van der Waals surface area contributed by atoms with Crippen LogP contribution in [0.2, 0.25) is 0 Å². The van der Waals surface area contributed by atoms with Gasteiger partial charge >= 0.3 is 0 Å². The van der Waals surface area contributed by atoms with Crippen molar-refractivity contribution in [1.29, 1.82) is 0 Å². The van der Waals surface area contributed by atoms with Crippen molar-refractivity contribution in [2.75, 3.05) is 0 Å². The van der Waals surface area contributed by atoms with Gasteiger partial charge in [0, 0.05) is 11.6 Å². The second kappa shape index (κ2) is 4.73. The zero-order valence-corrected chi connectivity index (χ0v) is 11.2. The van der Waals surface area contributed by atoms with E-state index in [-0.39, 0.29) is 10.8 Å². The van der Waals surface area contributed by atoms with Crippen molar-refractivity contribution in [2.24, 2.45) is 20.8 Å². The highest BCUT2D eigenvalue weighted by Gasteiger charge is 2.17. The van der Waals surface area contributed by atoms with E-state index in [2.05, 4.69) is 65.2 Å². The Labute approximate surface area is 94.2 Å². The van der Waals surface area contributed by atoms with Gasteiger partial charge in [0.25, 0.3) is 0 Å². The van der Waals surface area contributed by atoms with E-state index in [4.69, 9.17) is 0 Å². The van der Waals surface area contributed by atoms with Gasteiger partial charge in [0.05, 0.1) is 0 Å². The number of allylic oxidation sites excluding steroid dienone is 1. The number of hydrogen-bond donors (Lipinski definition) is 0. The minimum absolute atomic E-state index is 0.0452. The van der Waals surface area contributed by atoms with Gasteiger partial charge in [-0.1, -0.05) is 41.5 Å². The van der Waals surface area contributed by atoms with Crippen molar-refractivity contribution in [1.82, 2.24) is 0 Å². The van der Waals surface area contributed by atoms with Crippen LogP contribution < -0.4 is 0 Å². The quantitative estimate of drug-likeness (QED) is 0.458. The van der Waals surface area contributed by atoms with E-state index in [1.54, 1.807) is 0 Å². The van der Waals surface area contributed by atoms with Gasteiger partial charge in [0.1, 0.15) is 5.84 Å². The molecule has 0 N–H and O–H groups in total. The summed E-state index contributed by atoms with van der Waals surface area (Å²) in [6.07, 6.45) is 1.90. The number of aliphatic imine (C=N–C) groups is 2. The third-order valence-electron chi connectivity index (χ3n) is 2.38. The highest BCUT2D eigenvalue weighted by molar-refractivity contribution is 5.91. The van der Waals surface area contributed by atoms with Crippen LogP contribution in [0.1, 0.15) is 48.5 Å². The van der Waals surface area contributed by atoms with Crippen LogP contribution in [0.15, 0.2) is 21.8 Å². The molecule has 0 spiro atoms. The van der Waals surface area contributed by atoms with E-state index in [0.29, 0.717) is 0 Å². The number of amidine groups is 1. The fourth-order valence-electron chi connectivity index (χ4n) is 0.823. The van der Waals surface area contributed by atoms with Gasteiger partial charge in [0.2, 0.25) is 0 Å². The first-order valence-electron chi connectivity index (χ1n) is 5.31. The molecule has 15 heavy (non-hydrogen) atoms. The molecule has 0 radical (unpaired) electrons. The lowest BCUT2D eigenvalue weighted by atomic mass is 9.88. The minimum Gasteiger partial charge on any atom is -0.249 e. The lowest BCUT2D eigenvalue weighted by Crippen LogP contribution is -2.17. The Morgan fingerprint density at radius 1 is 1.00 bits per heavy atom. The predicted octanol–water partition coefficient (Wildman–Crippen LogP) is 4.08. The normalized spacial score (nSPS) is 15.4. The Balaban J connectivity index is 4.99. The summed E-state index contributed by atoms with van der Waals surface area (Å²) < 4.78 is 0. The molecule has 0 bridgehead atoms. The molecule has 2 nitrogen and oxygen atoms in total. The summed E-state index contributed by atoms with van der Waals surface area (Å²) in [6, 6.07) is 0. The van der Waals surface area contributed by atoms with Gasteiger partial charge in [0.15, 0.2) is 0 Å². The minimum atomic E-state index is -0.0452. The molecule has 0 aliphatic heterocycles. The topological polar surface area (TPSA) is 24.7 Å². The monoisotopic (exact) mass is 208 g/mol. The first-order chi connectivity index (χ1) is 6.59. The Kier molecular flexibility index (Phi) is 4.44. The average Bonchev–Trinajstić information content (AvgIpc) is 2.00. The molecule has 0 atom stereocenters. The zero-order chi connectivity index (χ0) is 12.3. The molecule has 0 aromatic heterocycles. The van der Waals surface area contributed by atoms with E-state index in [1.165, 1.54) is 5.57 Å². The van der Waals surface area contributed by atoms with Crippen LogP contribution >= 0.6 is 0 Å². The molecule has 0 heterocycles. The van der Waals surface area contributed by atoms with Crippen molar-refractivity contribution in [3.8, 4) is 0 Å². The summed E-state index contributed by atoms with van der Waals surface area (Å²) >= 11 is 0. The van der Waals surface area contributed by atoms with Gasteiger partial charge in [-0.3, -0.25) is 0 Å². The third-order valence-corrected chi connectivity index (χ3v) is 2.38. The Morgan fingerprint density at radius 3 is 1.73 bits per heavy atom. The molecule has 0 rings (SSSR count). The molecule has 86 valence electrons. The molecule has 0 aromatic carbocycles. The van der Waals surface area contributed by atoms with Crippen LogP contribution in [-0.2, 0) is 0 Å². The lowest BCUT2D eigenvalue weighted by molar-refractivity contribution is 0.502. The maximum Gasteiger partial charge on any atom is 0.132 e. The van der Waals surface area contributed by atoms with E-state index in [9.17, 15) is 0 Å². The molecule has 2 heteroatoms. The fourth-order valence-corrected chi connectivity index (χ4v) is 0.823. The molecular weight excluding hydrogens is 184 g/mol. The maximum absolute atomic E-state index is 4.41. The van der Waals surface area contributed by atoms with Gasteiger partial charge in [-0.25, -0.2) is 9.98 Å². The van der Waals surface area contributed by atoms with E-state index >= 15 is 0 Å². The van der Waals surface area contributed by atoms with E-state index in [1.807, 2.05) is 6.20 Å². The van der Waals surface area contributed by atoms with Crippen molar-refractivity contribution in [3.05, 3.63) is 11.8 Å². The molecule has 0 saturated heterocycles. The summed E-state index contributed by atoms with van der Waals surface area (Å²) in [6.45, 7) is 18.4. The second-order valence-electron chi connectivity index (χ2n) is 5.92. The van der Waals surface area contributed by atoms with Crippen LogP contribution in [0.25, 0.3) is 0 Å². The summed E-state index contributed by atoms with van der Waals surface area (Å²) in [5.41, 5.74) is 1.36.